The van der Waals surface area contributed by atoms with Crippen molar-refractivity contribution < 1.29 is 14.3 Å². The Morgan fingerprint density at radius 3 is 2.71 bits per heavy atom. The van der Waals surface area contributed by atoms with E-state index in [-0.39, 0.29) is 12.5 Å². The molecule has 2 aromatic carbocycles. The Kier molecular flexibility index (Phi) is 6.55. The lowest BCUT2D eigenvalue weighted by Crippen LogP contribution is -2.21. The van der Waals surface area contributed by atoms with E-state index in [4.69, 9.17) is 4.74 Å². The number of fused-ring (bicyclic) bond motifs is 1. The summed E-state index contributed by atoms with van der Waals surface area (Å²) in [5.74, 6) is -0.613. The number of benzene rings is 2. The highest BCUT2D eigenvalue weighted by atomic mass is 32.1. The molecule has 1 atom stereocenters. The van der Waals surface area contributed by atoms with Crippen LogP contribution in [-0.2, 0) is 14.3 Å². The number of hydrogen-bond donors (Lipinski definition) is 1. The van der Waals surface area contributed by atoms with Crippen LogP contribution in [0.1, 0.15) is 36.8 Å². The molecule has 0 aliphatic rings. The van der Waals surface area contributed by atoms with Crippen molar-refractivity contribution >= 4 is 45.2 Å². The first-order valence-corrected chi connectivity index (χ1v) is 9.97. The van der Waals surface area contributed by atoms with E-state index in [9.17, 15) is 9.59 Å². The molecule has 3 aromatic rings. The van der Waals surface area contributed by atoms with Crippen molar-refractivity contribution in [1.29, 1.82) is 0 Å². The minimum absolute atomic E-state index is 0.329. The number of carbonyl (C=O) groups excluding carboxylic acids is 2. The van der Waals surface area contributed by atoms with Gasteiger partial charge in [-0.1, -0.05) is 44.2 Å². The fourth-order valence-corrected chi connectivity index (χ4v) is 3.60. The van der Waals surface area contributed by atoms with Gasteiger partial charge in [0.15, 0.2) is 6.61 Å². The maximum atomic E-state index is 12.1. The molecule has 0 fully saturated rings. The number of nitrogens with zero attached hydrogens (tertiary/aromatic N) is 1. The van der Waals surface area contributed by atoms with Crippen LogP contribution in [0.2, 0.25) is 0 Å². The highest BCUT2D eigenvalue weighted by Crippen LogP contribution is 2.26. The molecular formula is C22H22N2O3S. The summed E-state index contributed by atoms with van der Waals surface area (Å²) in [5, 5.41) is 3.54. The van der Waals surface area contributed by atoms with Gasteiger partial charge in [-0.3, -0.25) is 4.79 Å². The van der Waals surface area contributed by atoms with Gasteiger partial charge in [-0.15, -0.1) is 11.3 Å². The summed E-state index contributed by atoms with van der Waals surface area (Å²) in [4.78, 5) is 28.5. The van der Waals surface area contributed by atoms with E-state index >= 15 is 0 Å². The molecule has 0 aliphatic heterocycles. The lowest BCUT2D eigenvalue weighted by Gasteiger charge is -2.15. The van der Waals surface area contributed by atoms with Crippen molar-refractivity contribution in [3.63, 3.8) is 0 Å². The monoisotopic (exact) mass is 394 g/mol. The van der Waals surface area contributed by atoms with Gasteiger partial charge in [0.05, 0.1) is 10.2 Å². The summed E-state index contributed by atoms with van der Waals surface area (Å²) in [6, 6.07) is 15.4. The second-order valence-corrected chi connectivity index (χ2v) is 7.47. The van der Waals surface area contributed by atoms with Crippen LogP contribution in [0.15, 0.2) is 54.6 Å². The average Bonchev–Trinajstić information content (AvgIpc) is 3.13. The van der Waals surface area contributed by atoms with Crippen LogP contribution < -0.4 is 5.32 Å². The molecule has 1 heterocycles. The molecule has 0 radical (unpaired) electrons. The van der Waals surface area contributed by atoms with Crippen LogP contribution in [-0.4, -0.2) is 23.5 Å². The van der Waals surface area contributed by atoms with Gasteiger partial charge in [0.1, 0.15) is 5.01 Å². The highest BCUT2D eigenvalue weighted by molar-refractivity contribution is 7.19. The van der Waals surface area contributed by atoms with E-state index in [0.717, 1.165) is 27.9 Å². The number of rotatable bonds is 7. The van der Waals surface area contributed by atoms with Crippen LogP contribution in [0.5, 0.6) is 0 Å². The molecule has 1 aromatic heterocycles. The van der Waals surface area contributed by atoms with Crippen LogP contribution in [0, 0.1) is 0 Å². The molecule has 28 heavy (non-hydrogen) atoms. The van der Waals surface area contributed by atoms with Gasteiger partial charge in [0, 0.05) is 11.8 Å². The van der Waals surface area contributed by atoms with Crippen molar-refractivity contribution in [2.45, 2.75) is 26.2 Å². The summed E-state index contributed by atoms with van der Waals surface area (Å²) in [6.45, 7) is 3.87. The molecule has 0 saturated heterocycles. The first kappa shape index (κ1) is 19.8. The first-order valence-electron chi connectivity index (χ1n) is 9.16. The van der Waals surface area contributed by atoms with Crippen molar-refractivity contribution in [2.75, 3.05) is 11.9 Å². The lowest BCUT2D eigenvalue weighted by atomic mass is 9.97. The molecule has 5 nitrogen and oxygen atoms in total. The number of para-hydroxylation sites is 2. The molecule has 0 unspecified atom stereocenters. The molecule has 144 valence electrons. The predicted octanol–water partition coefficient (Wildman–Crippen LogP) is 5.00. The Labute approximate surface area is 168 Å². The summed E-state index contributed by atoms with van der Waals surface area (Å²) >= 11 is 1.49. The lowest BCUT2D eigenvalue weighted by molar-refractivity contribution is -0.142. The quantitative estimate of drug-likeness (QED) is 0.452. The van der Waals surface area contributed by atoms with E-state index < -0.39 is 5.97 Å². The minimum Gasteiger partial charge on any atom is -0.452 e. The molecule has 6 heteroatoms. The van der Waals surface area contributed by atoms with Gasteiger partial charge >= 0.3 is 5.97 Å². The Morgan fingerprint density at radius 2 is 1.93 bits per heavy atom. The third-order valence-corrected chi connectivity index (χ3v) is 5.40. The molecular weight excluding hydrogens is 372 g/mol. The zero-order chi connectivity index (χ0) is 19.9. The van der Waals surface area contributed by atoms with Gasteiger partial charge < -0.3 is 10.1 Å². The Bertz CT molecular complexity index is 977. The van der Waals surface area contributed by atoms with Crippen molar-refractivity contribution in [2.24, 2.45) is 0 Å². The van der Waals surface area contributed by atoms with Gasteiger partial charge in [-0.25, -0.2) is 9.78 Å². The Morgan fingerprint density at radius 1 is 1.18 bits per heavy atom. The van der Waals surface area contributed by atoms with Gasteiger partial charge in [-0.05, 0) is 42.2 Å². The molecule has 0 saturated carbocycles. The average molecular weight is 394 g/mol. The topological polar surface area (TPSA) is 68.3 Å². The largest absolute Gasteiger partial charge is 0.452 e. The van der Waals surface area contributed by atoms with E-state index in [1.54, 1.807) is 6.08 Å². The minimum atomic E-state index is -0.579. The smallest absolute Gasteiger partial charge is 0.331 e. The summed E-state index contributed by atoms with van der Waals surface area (Å²) in [6.07, 6.45) is 3.86. The Balaban J connectivity index is 1.54. The number of thiazole rings is 1. The second kappa shape index (κ2) is 9.28. The molecule has 1 amide bonds. The number of nitrogens with one attached hydrogen (secondary N) is 1. The summed E-state index contributed by atoms with van der Waals surface area (Å²) < 4.78 is 6.09. The van der Waals surface area contributed by atoms with Crippen molar-refractivity contribution in [1.82, 2.24) is 4.98 Å². The zero-order valence-corrected chi connectivity index (χ0v) is 16.7. The fraction of sp³-hybridized carbons (Fsp3) is 0.227. The van der Waals surface area contributed by atoms with Crippen LogP contribution >= 0.6 is 11.3 Å². The van der Waals surface area contributed by atoms with Gasteiger partial charge in [-0.2, -0.15) is 0 Å². The number of amides is 1. The van der Waals surface area contributed by atoms with E-state index in [1.807, 2.05) is 48.5 Å². The maximum absolute atomic E-state index is 12.1. The molecule has 0 spiro atoms. The predicted molar refractivity (Wildman–Crippen MR) is 113 cm³/mol. The highest BCUT2D eigenvalue weighted by Gasteiger charge is 2.12. The van der Waals surface area contributed by atoms with E-state index in [0.29, 0.717) is 10.9 Å². The number of esters is 1. The molecule has 0 bridgehead atoms. The first-order chi connectivity index (χ1) is 13.6. The number of anilines is 1. The number of carbonyl (C=O) groups is 2. The second-order valence-electron chi connectivity index (χ2n) is 6.41. The third kappa shape index (κ3) is 5.04. The SMILES string of the molecule is CC[C@H](C)c1ccccc1NC(=O)COC(=O)/C=C/c1nc2ccccc2s1. The fourth-order valence-electron chi connectivity index (χ4n) is 2.73. The molecule has 3 rings (SSSR count). The van der Waals surface area contributed by atoms with E-state index in [1.165, 1.54) is 17.4 Å². The van der Waals surface area contributed by atoms with Crippen molar-refractivity contribution in [3.05, 3.63) is 65.2 Å². The Hall–Kier alpha value is -2.99. The van der Waals surface area contributed by atoms with Crippen molar-refractivity contribution in [3.8, 4) is 0 Å². The maximum Gasteiger partial charge on any atom is 0.331 e. The van der Waals surface area contributed by atoms with Gasteiger partial charge in [0.25, 0.3) is 5.91 Å². The molecule has 1 N–H and O–H groups in total. The normalized spacial score (nSPS) is 12.2. The number of ether oxygens (including phenoxy) is 1. The summed E-state index contributed by atoms with van der Waals surface area (Å²) in [5.41, 5.74) is 2.71. The zero-order valence-electron chi connectivity index (χ0n) is 15.8. The van der Waals surface area contributed by atoms with Crippen LogP contribution in [0.3, 0.4) is 0 Å². The standard InChI is InChI=1S/C22H22N2O3S/c1-3-15(2)16-8-4-5-9-17(16)23-20(25)14-27-22(26)13-12-21-24-18-10-6-7-11-19(18)28-21/h4-13,15H,3,14H2,1-2H3,(H,23,25)/b13-12+/t15-/m0/s1. The van der Waals surface area contributed by atoms with Gasteiger partial charge in [0.2, 0.25) is 0 Å². The van der Waals surface area contributed by atoms with Crippen LogP contribution in [0.4, 0.5) is 5.69 Å². The third-order valence-electron chi connectivity index (χ3n) is 4.40. The number of aromatic nitrogens is 1. The summed E-state index contributed by atoms with van der Waals surface area (Å²) in [7, 11) is 0. The van der Waals surface area contributed by atoms with E-state index in [2.05, 4.69) is 24.1 Å². The number of hydrogen-bond acceptors (Lipinski definition) is 5. The van der Waals surface area contributed by atoms with Crippen LogP contribution in [0.25, 0.3) is 16.3 Å². The molecule has 0 aliphatic carbocycles.